The topological polar surface area (TPSA) is 58.5 Å². The lowest BCUT2D eigenvalue weighted by atomic mass is 10.2. The lowest BCUT2D eigenvalue weighted by Crippen LogP contribution is -2.36. The summed E-state index contributed by atoms with van der Waals surface area (Å²) in [7, 11) is 1.77. The standard InChI is InChI=1S/C17H24N4OS/c1-3-4-9-22-16-15(6-5-8-19-16)12-21-17(18-2)20-11-14-7-10-23-13-14/h5-8,10,13H,3-4,9,11-12H2,1-2H3,(H2,18,20,21). The first kappa shape index (κ1) is 17.3. The van der Waals surface area contributed by atoms with Crippen LogP contribution in [0.15, 0.2) is 40.1 Å². The van der Waals surface area contributed by atoms with Crippen molar-refractivity contribution < 1.29 is 4.74 Å². The average molecular weight is 332 g/mol. The van der Waals surface area contributed by atoms with Crippen molar-refractivity contribution in [3.63, 3.8) is 0 Å². The van der Waals surface area contributed by atoms with Crippen LogP contribution in [0.3, 0.4) is 0 Å². The van der Waals surface area contributed by atoms with Gasteiger partial charge in [-0.25, -0.2) is 4.98 Å². The van der Waals surface area contributed by atoms with Crippen molar-refractivity contribution in [2.24, 2.45) is 4.99 Å². The molecule has 0 unspecified atom stereocenters. The SMILES string of the molecule is CCCCOc1ncccc1CNC(=NC)NCc1ccsc1. The molecule has 124 valence electrons. The van der Waals surface area contributed by atoms with Gasteiger partial charge in [0.15, 0.2) is 5.96 Å². The Morgan fingerprint density at radius 3 is 2.91 bits per heavy atom. The predicted molar refractivity (Wildman–Crippen MR) is 96.0 cm³/mol. The number of aliphatic imine (C=N–C) groups is 1. The molecule has 5 nitrogen and oxygen atoms in total. The molecule has 0 saturated carbocycles. The second-order valence-electron chi connectivity index (χ2n) is 5.08. The van der Waals surface area contributed by atoms with Gasteiger partial charge >= 0.3 is 0 Å². The molecule has 2 rings (SSSR count). The van der Waals surface area contributed by atoms with E-state index in [4.69, 9.17) is 4.74 Å². The van der Waals surface area contributed by atoms with Gasteiger partial charge < -0.3 is 15.4 Å². The number of ether oxygens (including phenoxy) is 1. The van der Waals surface area contributed by atoms with Gasteiger partial charge in [0.2, 0.25) is 5.88 Å². The van der Waals surface area contributed by atoms with Gasteiger partial charge in [-0.3, -0.25) is 4.99 Å². The summed E-state index contributed by atoms with van der Waals surface area (Å²) in [5, 5.41) is 10.8. The second kappa shape index (κ2) is 9.84. The fourth-order valence-corrected chi connectivity index (χ4v) is 2.65. The van der Waals surface area contributed by atoms with E-state index in [1.54, 1.807) is 24.6 Å². The molecule has 0 aliphatic carbocycles. The molecule has 0 aliphatic rings. The monoisotopic (exact) mass is 332 g/mol. The van der Waals surface area contributed by atoms with E-state index in [1.807, 2.05) is 12.1 Å². The first-order valence-electron chi connectivity index (χ1n) is 7.85. The summed E-state index contributed by atoms with van der Waals surface area (Å²) in [6, 6.07) is 6.05. The van der Waals surface area contributed by atoms with Crippen LogP contribution in [0.1, 0.15) is 30.9 Å². The summed E-state index contributed by atoms with van der Waals surface area (Å²) in [6.45, 7) is 4.23. The van der Waals surface area contributed by atoms with Gasteiger partial charge in [0.1, 0.15) is 0 Å². The van der Waals surface area contributed by atoms with E-state index in [0.717, 1.165) is 30.9 Å². The summed E-state index contributed by atoms with van der Waals surface area (Å²) in [5.74, 6) is 1.46. The number of hydrogen-bond donors (Lipinski definition) is 2. The van der Waals surface area contributed by atoms with Crippen LogP contribution in [0.4, 0.5) is 0 Å². The number of unbranched alkanes of at least 4 members (excludes halogenated alkanes) is 1. The minimum Gasteiger partial charge on any atom is -0.477 e. The second-order valence-corrected chi connectivity index (χ2v) is 5.86. The normalized spacial score (nSPS) is 11.3. The van der Waals surface area contributed by atoms with Crippen LogP contribution < -0.4 is 15.4 Å². The molecule has 0 saturated heterocycles. The Balaban J connectivity index is 1.85. The predicted octanol–water partition coefficient (Wildman–Crippen LogP) is 3.19. The summed E-state index contributed by atoms with van der Waals surface area (Å²) >= 11 is 1.70. The zero-order valence-electron chi connectivity index (χ0n) is 13.7. The van der Waals surface area contributed by atoms with Crippen molar-refractivity contribution in [2.75, 3.05) is 13.7 Å². The highest BCUT2D eigenvalue weighted by atomic mass is 32.1. The van der Waals surface area contributed by atoms with Gasteiger partial charge in [-0.1, -0.05) is 19.4 Å². The molecule has 6 heteroatoms. The van der Waals surface area contributed by atoms with Crippen molar-refractivity contribution >= 4 is 17.3 Å². The van der Waals surface area contributed by atoms with Crippen molar-refractivity contribution in [3.8, 4) is 5.88 Å². The zero-order valence-corrected chi connectivity index (χ0v) is 14.5. The van der Waals surface area contributed by atoms with Crippen molar-refractivity contribution in [1.29, 1.82) is 0 Å². The summed E-state index contributed by atoms with van der Waals surface area (Å²) < 4.78 is 5.75. The highest BCUT2D eigenvalue weighted by molar-refractivity contribution is 7.07. The summed E-state index contributed by atoms with van der Waals surface area (Å²) in [4.78, 5) is 8.56. The first-order chi connectivity index (χ1) is 11.3. The lowest BCUT2D eigenvalue weighted by molar-refractivity contribution is 0.294. The summed E-state index contributed by atoms with van der Waals surface area (Å²) in [6.07, 6.45) is 3.90. The Kier molecular flexibility index (Phi) is 7.39. The fourth-order valence-electron chi connectivity index (χ4n) is 1.98. The Hall–Kier alpha value is -2.08. The highest BCUT2D eigenvalue weighted by Gasteiger charge is 2.06. The van der Waals surface area contributed by atoms with Crippen LogP contribution in [0.5, 0.6) is 5.88 Å². The molecule has 0 aliphatic heterocycles. The lowest BCUT2D eigenvalue weighted by Gasteiger charge is -2.13. The molecule has 2 N–H and O–H groups in total. The quantitative estimate of drug-likeness (QED) is 0.443. The van der Waals surface area contributed by atoms with Crippen molar-refractivity contribution in [2.45, 2.75) is 32.9 Å². The van der Waals surface area contributed by atoms with Gasteiger partial charge in [-0.2, -0.15) is 11.3 Å². The van der Waals surface area contributed by atoms with Crippen LogP contribution in [0.2, 0.25) is 0 Å². The maximum Gasteiger partial charge on any atom is 0.218 e. The number of rotatable bonds is 8. The molecule has 0 fully saturated rings. The van der Waals surface area contributed by atoms with E-state index in [-0.39, 0.29) is 0 Å². The van der Waals surface area contributed by atoms with E-state index in [2.05, 4.69) is 44.4 Å². The van der Waals surface area contributed by atoms with Gasteiger partial charge in [0.25, 0.3) is 0 Å². The molecule has 0 spiro atoms. The first-order valence-corrected chi connectivity index (χ1v) is 8.80. The van der Waals surface area contributed by atoms with Crippen LogP contribution >= 0.6 is 11.3 Å². The zero-order chi connectivity index (χ0) is 16.3. The maximum atomic E-state index is 5.75. The molecule has 23 heavy (non-hydrogen) atoms. The number of aromatic nitrogens is 1. The number of hydrogen-bond acceptors (Lipinski definition) is 4. The van der Waals surface area contributed by atoms with Gasteiger partial charge in [-0.05, 0) is 34.9 Å². The summed E-state index contributed by atoms with van der Waals surface area (Å²) in [5.41, 5.74) is 2.28. The number of pyridine rings is 1. The molecule has 0 atom stereocenters. The molecule has 0 aromatic carbocycles. The smallest absolute Gasteiger partial charge is 0.218 e. The molecule has 2 aromatic rings. The number of guanidine groups is 1. The number of nitrogens with one attached hydrogen (secondary N) is 2. The van der Waals surface area contributed by atoms with Gasteiger partial charge in [-0.15, -0.1) is 0 Å². The Morgan fingerprint density at radius 1 is 1.30 bits per heavy atom. The Bertz CT molecular complexity index is 598. The Labute approximate surface area is 141 Å². The van der Waals surface area contributed by atoms with Gasteiger partial charge in [0, 0.05) is 31.9 Å². The van der Waals surface area contributed by atoms with Crippen molar-refractivity contribution in [1.82, 2.24) is 15.6 Å². The van der Waals surface area contributed by atoms with E-state index in [0.29, 0.717) is 19.0 Å². The molecule has 0 bridgehead atoms. The molecule has 0 amide bonds. The van der Waals surface area contributed by atoms with Crippen LogP contribution in [-0.4, -0.2) is 24.6 Å². The molecular weight excluding hydrogens is 308 g/mol. The fraction of sp³-hybridized carbons (Fsp3) is 0.412. The number of thiophene rings is 1. The van der Waals surface area contributed by atoms with Gasteiger partial charge in [0.05, 0.1) is 6.61 Å². The molecule has 2 aromatic heterocycles. The van der Waals surface area contributed by atoms with Crippen molar-refractivity contribution in [3.05, 3.63) is 46.3 Å². The van der Waals surface area contributed by atoms with Crippen LogP contribution in [0.25, 0.3) is 0 Å². The number of nitrogens with zero attached hydrogens (tertiary/aromatic N) is 2. The molecule has 0 radical (unpaired) electrons. The van der Waals surface area contributed by atoms with E-state index >= 15 is 0 Å². The third-order valence-electron chi connectivity index (χ3n) is 3.30. The van der Waals surface area contributed by atoms with E-state index in [1.165, 1.54) is 5.56 Å². The molecule has 2 heterocycles. The minimum absolute atomic E-state index is 0.624. The largest absolute Gasteiger partial charge is 0.477 e. The maximum absolute atomic E-state index is 5.75. The van der Waals surface area contributed by atoms with Crippen LogP contribution in [0, 0.1) is 0 Å². The highest BCUT2D eigenvalue weighted by Crippen LogP contribution is 2.14. The minimum atomic E-state index is 0.624. The average Bonchev–Trinajstić information content (AvgIpc) is 3.10. The van der Waals surface area contributed by atoms with E-state index < -0.39 is 0 Å². The van der Waals surface area contributed by atoms with Crippen LogP contribution in [-0.2, 0) is 13.1 Å². The Morgan fingerprint density at radius 2 is 2.17 bits per heavy atom. The molecular formula is C17H24N4OS. The third kappa shape index (κ3) is 5.90. The van der Waals surface area contributed by atoms with E-state index in [9.17, 15) is 0 Å². The third-order valence-corrected chi connectivity index (χ3v) is 4.03.